The monoisotopic (exact) mass is 254 g/mol. The summed E-state index contributed by atoms with van der Waals surface area (Å²) in [5, 5.41) is 0. The minimum absolute atomic E-state index is 0.145. The molecular formula is C12H14O4S. The van der Waals surface area contributed by atoms with Crippen LogP contribution >= 0.6 is 0 Å². The predicted octanol–water partition coefficient (Wildman–Crippen LogP) is 2.45. The molecule has 0 saturated heterocycles. The van der Waals surface area contributed by atoms with E-state index in [2.05, 4.69) is 6.58 Å². The van der Waals surface area contributed by atoms with Crippen LogP contribution in [0.4, 0.5) is 0 Å². The minimum atomic E-state index is -4.25. The predicted molar refractivity (Wildman–Crippen MR) is 66.8 cm³/mol. The lowest BCUT2D eigenvalue weighted by Crippen LogP contribution is -2.03. The van der Waals surface area contributed by atoms with Crippen LogP contribution in [0.15, 0.2) is 35.8 Å². The molecule has 0 fully saturated rings. The summed E-state index contributed by atoms with van der Waals surface area (Å²) in [7, 11) is -2.76. The molecule has 4 nitrogen and oxygen atoms in total. The molecule has 5 heteroatoms. The van der Waals surface area contributed by atoms with Crippen LogP contribution in [0.1, 0.15) is 11.1 Å². The van der Waals surface area contributed by atoms with E-state index < -0.39 is 10.1 Å². The summed E-state index contributed by atoms with van der Waals surface area (Å²) in [6, 6.07) is 2.81. The Kier molecular flexibility index (Phi) is 4.09. The first kappa shape index (κ1) is 13.5. The first-order valence-corrected chi connectivity index (χ1v) is 6.30. The lowest BCUT2D eigenvalue weighted by atomic mass is 10.1. The van der Waals surface area contributed by atoms with Crippen LogP contribution in [0.5, 0.6) is 5.75 Å². The van der Waals surface area contributed by atoms with Crippen LogP contribution in [-0.2, 0) is 10.1 Å². The number of rotatable bonds is 4. The van der Waals surface area contributed by atoms with E-state index in [1.807, 2.05) is 0 Å². The molecule has 0 spiro atoms. The molecule has 0 aliphatic rings. The molecule has 17 heavy (non-hydrogen) atoms. The van der Waals surface area contributed by atoms with Gasteiger partial charge >= 0.3 is 0 Å². The summed E-state index contributed by atoms with van der Waals surface area (Å²) in [6.45, 7) is 5.23. The molecule has 1 N–H and O–H groups in total. The second kappa shape index (κ2) is 5.16. The molecule has 0 saturated carbocycles. The molecule has 1 aromatic rings. The Morgan fingerprint density at radius 3 is 2.53 bits per heavy atom. The van der Waals surface area contributed by atoms with Crippen LogP contribution in [0.2, 0.25) is 0 Å². The van der Waals surface area contributed by atoms with Gasteiger partial charge in [0.25, 0.3) is 10.1 Å². The van der Waals surface area contributed by atoms with Crippen molar-refractivity contribution in [2.24, 2.45) is 0 Å². The SMILES string of the molecule is C=C/C=C\c1c(S(=O)(=O)O)ccc(OC)c1C. The fraction of sp³-hybridized carbons (Fsp3) is 0.167. The number of allylic oxidation sites excluding steroid dienone is 2. The van der Waals surface area contributed by atoms with E-state index in [-0.39, 0.29) is 4.90 Å². The summed E-state index contributed by atoms with van der Waals surface area (Å²) in [5.41, 5.74) is 1.03. The summed E-state index contributed by atoms with van der Waals surface area (Å²) >= 11 is 0. The van der Waals surface area contributed by atoms with Gasteiger partial charge in [0.1, 0.15) is 10.6 Å². The third-order valence-corrected chi connectivity index (χ3v) is 3.23. The van der Waals surface area contributed by atoms with E-state index in [4.69, 9.17) is 9.29 Å². The fourth-order valence-electron chi connectivity index (χ4n) is 1.50. The Labute approximate surface area is 101 Å². The van der Waals surface area contributed by atoms with Gasteiger partial charge in [0, 0.05) is 5.56 Å². The van der Waals surface area contributed by atoms with Gasteiger partial charge in [0.2, 0.25) is 0 Å². The normalized spacial score (nSPS) is 11.7. The maximum absolute atomic E-state index is 11.2. The number of ether oxygens (including phenoxy) is 1. The fourth-order valence-corrected chi connectivity index (χ4v) is 2.24. The highest BCUT2D eigenvalue weighted by atomic mass is 32.2. The minimum Gasteiger partial charge on any atom is -0.496 e. The van der Waals surface area contributed by atoms with E-state index in [1.165, 1.54) is 25.3 Å². The molecule has 92 valence electrons. The smallest absolute Gasteiger partial charge is 0.295 e. The number of hydrogen-bond donors (Lipinski definition) is 1. The first-order chi connectivity index (χ1) is 7.91. The van der Waals surface area contributed by atoms with Crippen LogP contribution in [0.3, 0.4) is 0 Å². The summed E-state index contributed by atoms with van der Waals surface area (Å²) in [6.07, 6.45) is 4.68. The molecule has 0 aliphatic heterocycles. The van der Waals surface area contributed by atoms with Gasteiger partial charge in [-0.3, -0.25) is 4.55 Å². The van der Waals surface area contributed by atoms with Crippen molar-refractivity contribution in [3.05, 3.63) is 42.0 Å². The molecule has 0 radical (unpaired) electrons. The molecule has 0 bridgehead atoms. The van der Waals surface area contributed by atoms with Crippen LogP contribution in [-0.4, -0.2) is 20.1 Å². The van der Waals surface area contributed by atoms with Crippen molar-refractivity contribution in [1.82, 2.24) is 0 Å². The van der Waals surface area contributed by atoms with Crippen LogP contribution in [0.25, 0.3) is 6.08 Å². The number of hydrogen-bond acceptors (Lipinski definition) is 3. The number of methoxy groups -OCH3 is 1. The van der Waals surface area contributed by atoms with Gasteiger partial charge in [-0.15, -0.1) is 0 Å². The summed E-state index contributed by atoms with van der Waals surface area (Å²) < 4.78 is 36.7. The van der Waals surface area contributed by atoms with Crippen LogP contribution < -0.4 is 4.74 Å². The second-order valence-electron chi connectivity index (χ2n) is 3.37. The van der Waals surface area contributed by atoms with E-state index >= 15 is 0 Å². The van der Waals surface area contributed by atoms with E-state index in [1.54, 1.807) is 19.1 Å². The van der Waals surface area contributed by atoms with Crippen molar-refractivity contribution in [1.29, 1.82) is 0 Å². The maximum Gasteiger partial charge on any atom is 0.295 e. The largest absolute Gasteiger partial charge is 0.496 e. The van der Waals surface area contributed by atoms with Gasteiger partial charge in [-0.25, -0.2) is 0 Å². The zero-order valence-corrected chi connectivity index (χ0v) is 10.5. The van der Waals surface area contributed by atoms with Crippen LogP contribution in [0, 0.1) is 6.92 Å². The highest BCUT2D eigenvalue weighted by Crippen LogP contribution is 2.28. The zero-order chi connectivity index (χ0) is 13.1. The van der Waals surface area contributed by atoms with Crippen molar-refractivity contribution >= 4 is 16.2 Å². The van der Waals surface area contributed by atoms with Gasteiger partial charge in [-0.05, 0) is 24.6 Å². The lowest BCUT2D eigenvalue weighted by Gasteiger charge is -2.11. The highest BCUT2D eigenvalue weighted by molar-refractivity contribution is 7.85. The molecule has 0 heterocycles. The van der Waals surface area contributed by atoms with Gasteiger partial charge in [0.15, 0.2) is 0 Å². The lowest BCUT2D eigenvalue weighted by molar-refractivity contribution is 0.411. The third kappa shape index (κ3) is 2.95. The van der Waals surface area contributed by atoms with Gasteiger partial charge in [0.05, 0.1) is 7.11 Å². The van der Waals surface area contributed by atoms with Crippen molar-refractivity contribution < 1.29 is 17.7 Å². The average molecular weight is 254 g/mol. The van der Waals surface area contributed by atoms with Crippen molar-refractivity contribution in [3.63, 3.8) is 0 Å². The first-order valence-electron chi connectivity index (χ1n) is 4.86. The molecule has 0 unspecified atom stereocenters. The summed E-state index contributed by atoms with van der Waals surface area (Å²) in [5.74, 6) is 0.557. The van der Waals surface area contributed by atoms with Gasteiger partial charge in [-0.1, -0.05) is 24.8 Å². The Balaban J connectivity index is 3.57. The standard InChI is InChI=1S/C12H14O4S/c1-4-5-6-10-9(2)11(16-3)7-8-12(10)17(13,14)15/h4-8H,1H2,2-3H3,(H,13,14,15)/b6-5-. The zero-order valence-electron chi connectivity index (χ0n) is 9.67. The topological polar surface area (TPSA) is 63.6 Å². The maximum atomic E-state index is 11.2. The molecule has 0 amide bonds. The average Bonchev–Trinajstić information content (AvgIpc) is 2.25. The third-order valence-electron chi connectivity index (χ3n) is 2.32. The van der Waals surface area contributed by atoms with Crippen molar-refractivity contribution in [3.8, 4) is 5.75 Å². The molecule has 1 aromatic carbocycles. The Morgan fingerprint density at radius 1 is 1.41 bits per heavy atom. The summed E-state index contributed by atoms with van der Waals surface area (Å²) in [4.78, 5) is -0.145. The number of benzene rings is 1. The van der Waals surface area contributed by atoms with Gasteiger partial charge < -0.3 is 4.74 Å². The molecular weight excluding hydrogens is 240 g/mol. The highest BCUT2D eigenvalue weighted by Gasteiger charge is 2.17. The Hall–Kier alpha value is -1.59. The molecule has 0 atom stereocenters. The van der Waals surface area contributed by atoms with Crippen molar-refractivity contribution in [2.45, 2.75) is 11.8 Å². The Morgan fingerprint density at radius 2 is 2.06 bits per heavy atom. The van der Waals surface area contributed by atoms with E-state index in [0.29, 0.717) is 16.9 Å². The van der Waals surface area contributed by atoms with E-state index in [9.17, 15) is 8.42 Å². The van der Waals surface area contributed by atoms with Gasteiger partial charge in [-0.2, -0.15) is 8.42 Å². The molecule has 0 aliphatic carbocycles. The second-order valence-corrected chi connectivity index (χ2v) is 4.76. The molecule has 0 aromatic heterocycles. The van der Waals surface area contributed by atoms with E-state index in [0.717, 1.165) is 0 Å². The molecule has 1 rings (SSSR count). The Bertz CT molecular complexity index is 556. The van der Waals surface area contributed by atoms with Crippen molar-refractivity contribution in [2.75, 3.05) is 7.11 Å². The quantitative estimate of drug-likeness (QED) is 0.662.